The van der Waals surface area contributed by atoms with Crippen molar-refractivity contribution in [3.05, 3.63) is 10.4 Å². The van der Waals surface area contributed by atoms with Gasteiger partial charge in [-0.1, -0.05) is 5.11 Å². The second kappa shape index (κ2) is 3.08. The maximum absolute atomic E-state index is 10.8. The van der Waals surface area contributed by atoms with Crippen molar-refractivity contribution in [2.24, 2.45) is 5.11 Å². The summed E-state index contributed by atoms with van der Waals surface area (Å²) in [6, 6.07) is -0.473. The molecule has 0 aromatic rings. The number of nitrogens with one attached hydrogen (secondary N) is 1. The highest BCUT2D eigenvalue weighted by Crippen LogP contribution is 2.06. The van der Waals surface area contributed by atoms with Gasteiger partial charge in [0.15, 0.2) is 0 Å². The molecule has 0 aromatic heterocycles. The summed E-state index contributed by atoms with van der Waals surface area (Å²) in [6.45, 7) is 0.705. The van der Waals surface area contributed by atoms with Crippen molar-refractivity contribution in [2.75, 3.05) is 6.54 Å². The topological polar surface area (TPSA) is 77.9 Å². The fourth-order valence-electron chi connectivity index (χ4n) is 0.928. The number of carbonyl (C=O) groups is 1. The predicted molar refractivity (Wildman–Crippen MR) is 35.2 cm³/mol. The Morgan fingerprint density at radius 2 is 2.60 bits per heavy atom. The van der Waals surface area contributed by atoms with E-state index >= 15 is 0 Å². The minimum Gasteiger partial charge on any atom is -0.356 e. The van der Waals surface area contributed by atoms with E-state index in [1.165, 1.54) is 0 Å². The minimum atomic E-state index is -0.473. The summed E-state index contributed by atoms with van der Waals surface area (Å²) in [5.74, 6) is -0.149. The third kappa shape index (κ3) is 1.39. The first-order chi connectivity index (χ1) is 4.84. The molecule has 1 saturated heterocycles. The van der Waals surface area contributed by atoms with E-state index in [1.807, 2.05) is 0 Å². The van der Waals surface area contributed by atoms with Crippen LogP contribution in [0.5, 0.6) is 0 Å². The van der Waals surface area contributed by atoms with E-state index in [-0.39, 0.29) is 5.91 Å². The first-order valence-corrected chi connectivity index (χ1v) is 3.16. The normalized spacial score (nSPS) is 24.8. The van der Waals surface area contributed by atoms with E-state index in [1.54, 1.807) is 0 Å². The molecule has 1 N–H and O–H groups in total. The van der Waals surface area contributed by atoms with Crippen LogP contribution in [0.25, 0.3) is 10.4 Å². The standard InChI is InChI=1S/C5H8N4O/c6-9-8-4-2-1-3-7-5(4)10/h4H,1-3H2,(H,7,10). The molecule has 54 valence electrons. The largest absolute Gasteiger partial charge is 0.356 e. The summed E-state index contributed by atoms with van der Waals surface area (Å²) in [5.41, 5.74) is 8.01. The summed E-state index contributed by atoms with van der Waals surface area (Å²) >= 11 is 0. The van der Waals surface area contributed by atoms with Crippen LogP contribution in [0.4, 0.5) is 0 Å². The van der Waals surface area contributed by atoms with E-state index < -0.39 is 6.04 Å². The zero-order valence-electron chi connectivity index (χ0n) is 5.45. The molecule has 1 fully saturated rings. The molecule has 1 rings (SSSR count). The maximum atomic E-state index is 10.8. The predicted octanol–water partition coefficient (Wildman–Crippen LogP) is 0.575. The van der Waals surface area contributed by atoms with E-state index in [0.717, 1.165) is 6.42 Å². The van der Waals surface area contributed by atoms with Gasteiger partial charge in [-0.05, 0) is 18.4 Å². The van der Waals surface area contributed by atoms with Gasteiger partial charge in [-0.2, -0.15) is 0 Å². The number of nitrogens with zero attached hydrogens (tertiary/aromatic N) is 3. The Balaban J connectivity index is 2.55. The van der Waals surface area contributed by atoms with Crippen molar-refractivity contribution in [1.82, 2.24) is 5.32 Å². The number of azide groups is 1. The summed E-state index contributed by atoms with van der Waals surface area (Å²) in [5, 5.41) is 5.95. The highest BCUT2D eigenvalue weighted by atomic mass is 16.2. The van der Waals surface area contributed by atoms with Gasteiger partial charge in [-0.15, -0.1) is 0 Å². The molecule has 1 atom stereocenters. The molecule has 0 saturated carbocycles. The fourth-order valence-corrected chi connectivity index (χ4v) is 0.928. The summed E-state index contributed by atoms with van der Waals surface area (Å²) < 4.78 is 0. The number of rotatable bonds is 1. The van der Waals surface area contributed by atoms with Crippen LogP contribution in [0, 0.1) is 0 Å². The average Bonchev–Trinajstić information content (AvgIpc) is 1.94. The molecule has 1 amide bonds. The molecule has 1 aliphatic rings. The van der Waals surface area contributed by atoms with Gasteiger partial charge < -0.3 is 5.32 Å². The van der Waals surface area contributed by atoms with Gasteiger partial charge in [-0.25, -0.2) is 0 Å². The molecule has 5 nitrogen and oxygen atoms in total. The molecule has 10 heavy (non-hydrogen) atoms. The van der Waals surface area contributed by atoms with Gasteiger partial charge in [0.1, 0.15) is 6.04 Å². The Morgan fingerprint density at radius 3 is 3.20 bits per heavy atom. The number of amides is 1. The summed E-state index contributed by atoms with van der Waals surface area (Å²) in [4.78, 5) is 13.4. The molecule has 5 heteroatoms. The molecule has 0 spiro atoms. The van der Waals surface area contributed by atoms with Gasteiger partial charge >= 0.3 is 0 Å². The molecule has 1 aliphatic heterocycles. The molecular formula is C5H8N4O. The lowest BCUT2D eigenvalue weighted by molar-refractivity contribution is -0.123. The highest BCUT2D eigenvalue weighted by molar-refractivity contribution is 5.82. The molecule has 0 aromatic carbocycles. The smallest absolute Gasteiger partial charge is 0.229 e. The zero-order valence-corrected chi connectivity index (χ0v) is 5.45. The Labute approximate surface area is 58.0 Å². The Morgan fingerprint density at radius 1 is 1.80 bits per heavy atom. The first kappa shape index (κ1) is 6.89. The fraction of sp³-hybridized carbons (Fsp3) is 0.800. The number of hydrogen-bond donors (Lipinski definition) is 1. The molecular weight excluding hydrogens is 132 g/mol. The quantitative estimate of drug-likeness (QED) is 0.322. The van der Waals surface area contributed by atoms with E-state index in [2.05, 4.69) is 15.3 Å². The van der Waals surface area contributed by atoms with Crippen molar-refractivity contribution in [1.29, 1.82) is 0 Å². The number of hydrogen-bond acceptors (Lipinski definition) is 2. The Hall–Kier alpha value is -1.22. The van der Waals surface area contributed by atoms with Crippen LogP contribution in [0.3, 0.4) is 0 Å². The summed E-state index contributed by atoms with van der Waals surface area (Å²) in [6.07, 6.45) is 1.57. The third-order valence-corrected chi connectivity index (χ3v) is 1.45. The number of carbonyl (C=O) groups excluding carboxylic acids is 1. The third-order valence-electron chi connectivity index (χ3n) is 1.45. The first-order valence-electron chi connectivity index (χ1n) is 3.16. The van der Waals surface area contributed by atoms with Crippen LogP contribution < -0.4 is 5.32 Å². The van der Waals surface area contributed by atoms with Gasteiger partial charge in [-0.3, -0.25) is 4.79 Å². The van der Waals surface area contributed by atoms with Crippen molar-refractivity contribution >= 4 is 5.91 Å². The van der Waals surface area contributed by atoms with Crippen LogP contribution >= 0.6 is 0 Å². The van der Waals surface area contributed by atoms with Crippen LogP contribution in [0.1, 0.15) is 12.8 Å². The molecule has 1 unspecified atom stereocenters. The molecule has 0 aliphatic carbocycles. The van der Waals surface area contributed by atoms with Gasteiger partial charge in [0.05, 0.1) is 0 Å². The van der Waals surface area contributed by atoms with Crippen LogP contribution in [0.2, 0.25) is 0 Å². The molecule has 1 heterocycles. The van der Waals surface area contributed by atoms with Crippen molar-refractivity contribution in [3.63, 3.8) is 0 Å². The van der Waals surface area contributed by atoms with Crippen molar-refractivity contribution in [2.45, 2.75) is 18.9 Å². The lowest BCUT2D eigenvalue weighted by atomic mass is 10.1. The second-order valence-electron chi connectivity index (χ2n) is 2.15. The lowest BCUT2D eigenvalue weighted by Gasteiger charge is -2.16. The maximum Gasteiger partial charge on any atom is 0.229 e. The van der Waals surface area contributed by atoms with Crippen LogP contribution in [-0.4, -0.2) is 18.5 Å². The average molecular weight is 140 g/mol. The van der Waals surface area contributed by atoms with Crippen LogP contribution in [0.15, 0.2) is 5.11 Å². The van der Waals surface area contributed by atoms with Crippen molar-refractivity contribution in [3.8, 4) is 0 Å². The van der Waals surface area contributed by atoms with Crippen LogP contribution in [-0.2, 0) is 4.79 Å². The number of piperidine rings is 1. The van der Waals surface area contributed by atoms with E-state index in [4.69, 9.17) is 5.53 Å². The summed E-state index contributed by atoms with van der Waals surface area (Å²) in [7, 11) is 0. The lowest BCUT2D eigenvalue weighted by Crippen LogP contribution is -2.38. The van der Waals surface area contributed by atoms with E-state index in [0.29, 0.717) is 13.0 Å². The Kier molecular flexibility index (Phi) is 2.12. The highest BCUT2D eigenvalue weighted by Gasteiger charge is 2.19. The second-order valence-corrected chi connectivity index (χ2v) is 2.15. The molecule has 0 radical (unpaired) electrons. The van der Waals surface area contributed by atoms with Gasteiger partial charge in [0, 0.05) is 11.5 Å². The van der Waals surface area contributed by atoms with Gasteiger partial charge in [0.25, 0.3) is 0 Å². The van der Waals surface area contributed by atoms with E-state index in [9.17, 15) is 4.79 Å². The van der Waals surface area contributed by atoms with Crippen molar-refractivity contribution < 1.29 is 4.79 Å². The Bertz CT molecular complexity index is 184. The zero-order chi connectivity index (χ0) is 7.40. The van der Waals surface area contributed by atoms with Gasteiger partial charge in [0.2, 0.25) is 5.91 Å². The molecule has 0 bridgehead atoms. The monoisotopic (exact) mass is 140 g/mol. The minimum absolute atomic E-state index is 0.149. The SMILES string of the molecule is [N-]=[N+]=NC1CCCNC1=O.